The fourth-order valence-corrected chi connectivity index (χ4v) is 2.92. The summed E-state index contributed by atoms with van der Waals surface area (Å²) in [5.41, 5.74) is 5.14. The van der Waals surface area contributed by atoms with Gasteiger partial charge < -0.3 is 15.2 Å². The van der Waals surface area contributed by atoms with Crippen LogP contribution in [0.2, 0.25) is 0 Å². The first-order valence-electron chi connectivity index (χ1n) is 10.1. The average molecular weight is 428 g/mol. The maximum Gasteiger partial charge on any atom is 0.344 e. The van der Waals surface area contributed by atoms with E-state index in [-0.39, 0.29) is 16.9 Å². The highest BCUT2D eigenvalue weighted by Gasteiger charge is 2.29. The molecule has 0 aliphatic heterocycles. The number of nitro groups is 1. The zero-order valence-electron chi connectivity index (χ0n) is 18.3. The Kier molecular flexibility index (Phi) is 7.74. The van der Waals surface area contributed by atoms with Gasteiger partial charge in [0.05, 0.1) is 10.5 Å². The van der Waals surface area contributed by atoms with Gasteiger partial charge in [0.2, 0.25) is 0 Å². The molecule has 2 N–H and O–H groups in total. The molecule has 0 aromatic heterocycles. The first-order valence-corrected chi connectivity index (χ1v) is 10.1. The lowest BCUT2D eigenvalue weighted by Crippen LogP contribution is -2.25. The van der Waals surface area contributed by atoms with Crippen molar-refractivity contribution < 1.29 is 24.0 Å². The molecule has 0 unspecified atom stereocenters. The molecule has 0 heterocycles. The first kappa shape index (κ1) is 23.9. The van der Waals surface area contributed by atoms with E-state index in [1.54, 1.807) is 32.9 Å². The molecule has 0 radical (unpaired) electrons. The Bertz CT molecular complexity index is 961. The molecule has 0 fully saturated rings. The van der Waals surface area contributed by atoms with Gasteiger partial charge in [-0.2, -0.15) is 0 Å². The van der Waals surface area contributed by atoms with E-state index < -0.39 is 33.8 Å². The Hall–Kier alpha value is -3.42. The average Bonchev–Trinajstić information content (AvgIpc) is 2.67. The summed E-state index contributed by atoms with van der Waals surface area (Å²) >= 11 is 0. The lowest BCUT2D eigenvalue weighted by Gasteiger charge is -2.21. The van der Waals surface area contributed by atoms with Crippen molar-refractivity contribution in [3.8, 4) is 5.75 Å². The van der Waals surface area contributed by atoms with Crippen LogP contribution in [0.15, 0.2) is 36.4 Å². The van der Waals surface area contributed by atoms with Gasteiger partial charge in [0.1, 0.15) is 22.6 Å². The molecule has 0 aliphatic rings. The van der Waals surface area contributed by atoms with Gasteiger partial charge in [0.15, 0.2) is 0 Å². The topological polar surface area (TPSA) is 122 Å². The molecule has 0 spiro atoms. The molecule has 166 valence electrons. The number of aryl methyl sites for hydroxylation is 1. The molecule has 0 amide bonds. The van der Waals surface area contributed by atoms with Crippen molar-refractivity contribution in [2.45, 2.75) is 59.0 Å². The van der Waals surface area contributed by atoms with Crippen LogP contribution in [0, 0.1) is 10.1 Å². The Labute approximate surface area is 181 Å². The van der Waals surface area contributed by atoms with Gasteiger partial charge in [-0.25, -0.2) is 9.59 Å². The smallest absolute Gasteiger partial charge is 0.344 e. The van der Waals surface area contributed by atoms with Crippen LogP contribution in [-0.4, -0.2) is 22.5 Å². The number of rotatable bonds is 8. The maximum absolute atomic E-state index is 12.6. The minimum atomic E-state index is -0.914. The Balaban J connectivity index is 2.31. The number of unbranched alkanes of at least 4 members (excludes halogenated alkanes) is 2. The van der Waals surface area contributed by atoms with Crippen molar-refractivity contribution >= 4 is 23.3 Å². The fraction of sp³-hybridized carbons (Fsp3) is 0.391. The minimum Gasteiger partial charge on any atom is -0.456 e. The van der Waals surface area contributed by atoms with Gasteiger partial charge in [0, 0.05) is 6.07 Å². The highest BCUT2D eigenvalue weighted by atomic mass is 16.6. The number of nitro benzene ring substituents is 1. The summed E-state index contributed by atoms with van der Waals surface area (Å²) in [6.07, 6.45) is 4.26. The van der Waals surface area contributed by atoms with Crippen molar-refractivity contribution in [3.63, 3.8) is 0 Å². The number of nitrogen functional groups attached to an aromatic ring is 1. The Morgan fingerprint density at radius 1 is 1.03 bits per heavy atom. The second kappa shape index (κ2) is 10.1. The van der Waals surface area contributed by atoms with E-state index in [2.05, 4.69) is 6.92 Å². The summed E-state index contributed by atoms with van der Waals surface area (Å²) in [7, 11) is 0. The molecule has 0 aliphatic carbocycles. The molecular formula is C23H28N2O6. The number of carbonyl (C=O) groups excluding carboxylic acids is 2. The third-order valence-electron chi connectivity index (χ3n) is 4.45. The van der Waals surface area contributed by atoms with Crippen LogP contribution in [0.4, 0.5) is 11.4 Å². The molecule has 2 rings (SSSR count). The Morgan fingerprint density at radius 2 is 1.68 bits per heavy atom. The third-order valence-corrected chi connectivity index (χ3v) is 4.45. The van der Waals surface area contributed by atoms with Crippen LogP contribution in [0.5, 0.6) is 5.75 Å². The maximum atomic E-state index is 12.6. The van der Waals surface area contributed by atoms with Gasteiger partial charge in [0.25, 0.3) is 5.69 Å². The number of nitrogens with two attached hydrogens (primary N) is 1. The predicted octanol–water partition coefficient (Wildman–Crippen LogP) is 5.08. The summed E-state index contributed by atoms with van der Waals surface area (Å²) < 4.78 is 10.7. The zero-order valence-corrected chi connectivity index (χ0v) is 18.3. The molecular weight excluding hydrogens is 400 g/mol. The van der Waals surface area contributed by atoms with Crippen molar-refractivity contribution in [2.75, 3.05) is 5.73 Å². The van der Waals surface area contributed by atoms with Gasteiger partial charge >= 0.3 is 11.9 Å². The lowest BCUT2D eigenvalue weighted by atomic mass is 10.1. The van der Waals surface area contributed by atoms with Gasteiger partial charge in [-0.15, -0.1) is 0 Å². The van der Waals surface area contributed by atoms with Crippen LogP contribution in [0.3, 0.4) is 0 Å². The largest absolute Gasteiger partial charge is 0.456 e. The van der Waals surface area contributed by atoms with E-state index in [4.69, 9.17) is 15.2 Å². The number of nitrogens with zero attached hydrogens (tertiary/aromatic N) is 1. The summed E-state index contributed by atoms with van der Waals surface area (Å²) in [6.45, 7) is 7.07. The Morgan fingerprint density at radius 3 is 2.23 bits per heavy atom. The van der Waals surface area contributed by atoms with Crippen LogP contribution < -0.4 is 10.5 Å². The summed E-state index contributed by atoms with van der Waals surface area (Å²) in [6, 6.07) is 9.25. The molecule has 8 nitrogen and oxygen atoms in total. The number of esters is 2. The monoisotopic (exact) mass is 428 g/mol. The number of hydrogen-bond donors (Lipinski definition) is 1. The van der Waals surface area contributed by atoms with Crippen molar-refractivity contribution in [1.29, 1.82) is 0 Å². The molecule has 0 saturated carbocycles. The molecule has 2 aromatic rings. The number of ether oxygens (including phenoxy) is 2. The molecule has 2 aromatic carbocycles. The van der Waals surface area contributed by atoms with E-state index in [1.807, 2.05) is 12.1 Å². The highest BCUT2D eigenvalue weighted by molar-refractivity contribution is 6.02. The molecule has 8 heteroatoms. The van der Waals surface area contributed by atoms with Gasteiger partial charge in [-0.3, -0.25) is 10.1 Å². The van der Waals surface area contributed by atoms with E-state index >= 15 is 0 Å². The lowest BCUT2D eigenvalue weighted by molar-refractivity contribution is -0.383. The first-order chi connectivity index (χ1) is 14.5. The summed E-state index contributed by atoms with van der Waals surface area (Å²) in [4.78, 5) is 35.8. The van der Waals surface area contributed by atoms with E-state index in [0.717, 1.165) is 37.3 Å². The fourth-order valence-electron chi connectivity index (χ4n) is 2.92. The van der Waals surface area contributed by atoms with Crippen LogP contribution in [-0.2, 0) is 11.2 Å². The standard InChI is InChI=1S/C23H28N2O6/c1-5-6-7-8-15-9-11-16(12-10-15)21(26)30-18-14-13-17(25(28)29)20(24)19(18)22(27)31-23(2,3)4/h9-14H,5-8,24H2,1-4H3. The quantitative estimate of drug-likeness (QED) is 0.155. The van der Waals surface area contributed by atoms with Crippen LogP contribution in [0.1, 0.15) is 73.2 Å². The molecule has 31 heavy (non-hydrogen) atoms. The molecule has 0 atom stereocenters. The summed E-state index contributed by atoms with van der Waals surface area (Å²) in [5.74, 6) is -1.82. The normalized spacial score (nSPS) is 11.1. The van der Waals surface area contributed by atoms with Gasteiger partial charge in [-0.1, -0.05) is 31.9 Å². The second-order valence-corrected chi connectivity index (χ2v) is 8.17. The number of hydrogen-bond acceptors (Lipinski definition) is 7. The number of anilines is 1. The van der Waals surface area contributed by atoms with Gasteiger partial charge in [-0.05, 0) is 57.4 Å². The van der Waals surface area contributed by atoms with Crippen molar-refractivity contribution in [1.82, 2.24) is 0 Å². The SMILES string of the molecule is CCCCCc1ccc(C(=O)Oc2ccc([N+](=O)[O-])c(N)c2C(=O)OC(C)(C)C)cc1. The molecule has 0 bridgehead atoms. The van der Waals surface area contributed by atoms with E-state index in [1.165, 1.54) is 6.07 Å². The third kappa shape index (κ3) is 6.53. The summed E-state index contributed by atoms with van der Waals surface area (Å²) in [5, 5.41) is 11.2. The second-order valence-electron chi connectivity index (χ2n) is 8.17. The highest BCUT2D eigenvalue weighted by Crippen LogP contribution is 2.34. The van der Waals surface area contributed by atoms with Crippen LogP contribution in [0.25, 0.3) is 0 Å². The predicted molar refractivity (Wildman–Crippen MR) is 117 cm³/mol. The van der Waals surface area contributed by atoms with E-state index in [9.17, 15) is 19.7 Å². The number of carbonyl (C=O) groups is 2. The van der Waals surface area contributed by atoms with Crippen LogP contribution >= 0.6 is 0 Å². The van der Waals surface area contributed by atoms with Crippen molar-refractivity contribution in [2.24, 2.45) is 0 Å². The minimum absolute atomic E-state index is 0.200. The molecule has 0 saturated heterocycles. The van der Waals surface area contributed by atoms with E-state index in [0.29, 0.717) is 0 Å². The zero-order chi connectivity index (χ0) is 23.2. The van der Waals surface area contributed by atoms with Crippen molar-refractivity contribution in [3.05, 3.63) is 63.2 Å². The number of benzene rings is 2.